The zero-order chi connectivity index (χ0) is 18.0. The molecule has 0 saturated carbocycles. The summed E-state index contributed by atoms with van der Waals surface area (Å²) in [6.07, 6.45) is 4.13. The summed E-state index contributed by atoms with van der Waals surface area (Å²) in [5, 5.41) is 6.31. The summed E-state index contributed by atoms with van der Waals surface area (Å²) in [7, 11) is 0. The van der Waals surface area contributed by atoms with Crippen LogP contribution in [-0.4, -0.2) is 42.9 Å². The van der Waals surface area contributed by atoms with Gasteiger partial charge < -0.3 is 15.6 Å². The van der Waals surface area contributed by atoms with E-state index in [9.17, 15) is 9.18 Å². The van der Waals surface area contributed by atoms with Gasteiger partial charge in [-0.3, -0.25) is 4.79 Å². The molecular weight excluding hydrogens is 325 g/mol. The van der Waals surface area contributed by atoms with Gasteiger partial charge in [0.2, 0.25) is 11.9 Å². The van der Waals surface area contributed by atoms with E-state index in [0.29, 0.717) is 29.0 Å². The van der Waals surface area contributed by atoms with E-state index in [4.69, 9.17) is 0 Å². The Morgan fingerprint density at radius 2 is 2.16 bits per heavy atom. The number of carbonyl (C=O) groups excluding carboxylic acids is 1. The molecule has 8 nitrogen and oxygen atoms in total. The van der Waals surface area contributed by atoms with Gasteiger partial charge in [0.1, 0.15) is 23.3 Å². The Kier molecular flexibility index (Phi) is 4.30. The fraction of sp³-hybridized carbons (Fsp3) is 0.312. The first-order valence-electron chi connectivity index (χ1n) is 7.79. The van der Waals surface area contributed by atoms with E-state index in [-0.39, 0.29) is 14.7 Å². The van der Waals surface area contributed by atoms with Crippen LogP contribution in [0.15, 0.2) is 24.8 Å². The first-order chi connectivity index (χ1) is 11.9. The summed E-state index contributed by atoms with van der Waals surface area (Å²) >= 11 is 0. The van der Waals surface area contributed by atoms with Crippen LogP contribution in [0.4, 0.5) is 10.3 Å². The molecule has 25 heavy (non-hydrogen) atoms. The number of hydrogen-bond acceptors (Lipinski definition) is 6. The minimum Gasteiger partial charge on any atom is -0.354 e. The summed E-state index contributed by atoms with van der Waals surface area (Å²) in [6.45, 7) is 5.83. The van der Waals surface area contributed by atoms with Gasteiger partial charge in [-0.2, -0.15) is 4.98 Å². The second-order valence-corrected chi connectivity index (χ2v) is 5.99. The van der Waals surface area contributed by atoms with Gasteiger partial charge in [-0.05, 0) is 26.8 Å². The summed E-state index contributed by atoms with van der Waals surface area (Å²) in [5.41, 5.74) is 0.236. The lowest BCUT2D eigenvalue weighted by atomic mass is 10.1. The van der Waals surface area contributed by atoms with Crippen LogP contribution in [0, 0.1) is 5.82 Å². The number of nitrogens with zero attached hydrogens (tertiary/aromatic N) is 4. The van der Waals surface area contributed by atoms with Gasteiger partial charge in [-0.15, -0.1) is 0 Å². The number of fused-ring (bicyclic) bond motifs is 1. The van der Waals surface area contributed by atoms with Crippen molar-refractivity contribution >= 4 is 22.9 Å². The van der Waals surface area contributed by atoms with Gasteiger partial charge in [-0.25, -0.2) is 19.3 Å². The number of halogens is 1. The number of anilines is 1. The summed E-state index contributed by atoms with van der Waals surface area (Å²) in [6, 6.07) is 1.36. The molecule has 0 fully saturated rings. The molecule has 0 saturated heterocycles. The lowest BCUT2D eigenvalue weighted by molar-refractivity contribution is -0.124. The van der Waals surface area contributed by atoms with Crippen LogP contribution in [0.3, 0.4) is 0 Å². The third-order valence-electron chi connectivity index (χ3n) is 3.64. The Balaban J connectivity index is 0.00000182. The maximum atomic E-state index is 13.5. The van der Waals surface area contributed by atoms with Crippen molar-refractivity contribution < 1.29 is 12.0 Å². The predicted molar refractivity (Wildman–Crippen MR) is 95.5 cm³/mol. The topological polar surface area (TPSA) is 108 Å². The van der Waals surface area contributed by atoms with E-state index in [0.717, 1.165) is 6.20 Å². The van der Waals surface area contributed by atoms with Crippen LogP contribution in [-0.2, 0) is 4.79 Å². The highest BCUT2D eigenvalue weighted by molar-refractivity contribution is 5.91. The standard InChI is InChI=1S/C16H18FN7O.2H2/c1-4-18-14(25)16(2,3)24-15-22-8-21-13(23-15)11-7-20-12-10(11)5-9(17)6-19-12;;/h5-8H,4H2,1-3H3,(H,18,25)(H,19,20)(H,21,22,23,24);2*1H. The highest BCUT2D eigenvalue weighted by Gasteiger charge is 2.28. The molecule has 134 valence electrons. The minimum atomic E-state index is -0.900. The van der Waals surface area contributed by atoms with Crippen molar-refractivity contribution in [3.8, 4) is 11.4 Å². The van der Waals surface area contributed by atoms with E-state index < -0.39 is 11.4 Å². The van der Waals surface area contributed by atoms with Gasteiger partial charge in [-0.1, -0.05) is 0 Å². The van der Waals surface area contributed by atoms with Crippen molar-refractivity contribution in [1.29, 1.82) is 0 Å². The Labute approximate surface area is 146 Å². The molecule has 0 unspecified atom stereocenters. The van der Waals surface area contributed by atoms with Gasteiger partial charge in [0.25, 0.3) is 0 Å². The summed E-state index contributed by atoms with van der Waals surface area (Å²) in [4.78, 5) is 31.6. The average molecular weight is 347 g/mol. The molecule has 3 N–H and O–H groups in total. The SMILES string of the molecule is CCNC(=O)C(C)(C)Nc1ncnc(-c2c[nH]c3ncc(F)cc23)n1.[HH].[HH]. The molecule has 3 aromatic heterocycles. The fourth-order valence-corrected chi connectivity index (χ4v) is 2.37. The number of pyridine rings is 1. The Bertz CT molecular complexity index is 932. The molecule has 3 heterocycles. The van der Waals surface area contributed by atoms with Gasteiger partial charge in [0.05, 0.1) is 6.20 Å². The molecule has 0 aromatic carbocycles. The Morgan fingerprint density at radius 3 is 2.92 bits per heavy atom. The van der Waals surface area contributed by atoms with E-state index in [1.54, 1.807) is 20.0 Å². The molecule has 0 spiro atoms. The molecule has 3 aromatic rings. The number of carbonyl (C=O) groups is 1. The molecule has 0 atom stereocenters. The van der Waals surface area contributed by atoms with Crippen LogP contribution >= 0.6 is 0 Å². The highest BCUT2D eigenvalue weighted by atomic mass is 19.1. The zero-order valence-electron chi connectivity index (χ0n) is 14.1. The minimum absolute atomic E-state index is 0. The molecule has 1 amide bonds. The molecular formula is C16H22FN7O. The van der Waals surface area contributed by atoms with E-state index in [1.807, 2.05) is 6.92 Å². The van der Waals surface area contributed by atoms with E-state index >= 15 is 0 Å². The van der Waals surface area contributed by atoms with E-state index in [1.165, 1.54) is 12.4 Å². The normalized spacial score (nSPS) is 11.5. The van der Waals surface area contributed by atoms with Crippen LogP contribution in [0.25, 0.3) is 22.4 Å². The van der Waals surface area contributed by atoms with Crippen molar-refractivity contribution in [2.24, 2.45) is 0 Å². The number of aromatic nitrogens is 5. The van der Waals surface area contributed by atoms with Crippen LogP contribution < -0.4 is 10.6 Å². The van der Waals surface area contributed by atoms with Gasteiger partial charge >= 0.3 is 0 Å². The second kappa shape index (κ2) is 6.42. The van der Waals surface area contributed by atoms with Crippen LogP contribution in [0.5, 0.6) is 0 Å². The van der Waals surface area contributed by atoms with Crippen molar-refractivity contribution in [2.75, 3.05) is 11.9 Å². The number of hydrogen-bond donors (Lipinski definition) is 3. The second-order valence-electron chi connectivity index (χ2n) is 5.99. The van der Waals surface area contributed by atoms with Crippen molar-refractivity contribution in [2.45, 2.75) is 26.3 Å². The molecule has 0 radical (unpaired) electrons. The van der Waals surface area contributed by atoms with Crippen LogP contribution in [0.2, 0.25) is 0 Å². The number of aromatic amines is 1. The maximum absolute atomic E-state index is 13.5. The molecule has 0 bridgehead atoms. The Morgan fingerprint density at radius 1 is 1.36 bits per heavy atom. The smallest absolute Gasteiger partial charge is 0.245 e. The first-order valence-corrected chi connectivity index (χ1v) is 7.79. The fourth-order valence-electron chi connectivity index (χ4n) is 2.37. The van der Waals surface area contributed by atoms with Crippen LogP contribution in [0.1, 0.15) is 23.6 Å². The summed E-state index contributed by atoms with van der Waals surface area (Å²) < 4.78 is 13.5. The molecule has 0 aliphatic carbocycles. The quantitative estimate of drug-likeness (QED) is 0.654. The number of rotatable bonds is 5. The van der Waals surface area contributed by atoms with Crippen molar-refractivity contribution in [3.63, 3.8) is 0 Å². The molecule has 0 aliphatic heterocycles. The number of H-pyrrole nitrogens is 1. The Hall–Kier alpha value is -3.10. The van der Waals surface area contributed by atoms with Crippen molar-refractivity contribution in [3.05, 3.63) is 30.6 Å². The van der Waals surface area contributed by atoms with Gasteiger partial charge in [0.15, 0.2) is 5.82 Å². The van der Waals surface area contributed by atoms with Gasteiger partial charge in [0, 0.05) is 26.5 Å². The molecule has 3 rings (SSSR count). The van der Waals surface area contributed by atoms with Crippen molar-refractivity contribution in [1.82, 2.24) is 30.2 Å². The summed E-state index contributed by atoms with van der Waals surface area (Å²) in [5.74, 6) is -0.0173. The monoisotopic (exact) mass is 347 g/mol. The predicted octanol–water partition coefficient (Wildman–Crippen LogP) is 2.37. The molecule has 0 aliphatic rings. The number of amides is 1. The third kappa shape index (κ3) is 3.39. The average Bonchev–Trinajstić information content (AvgIpc) is 2.98. The maximum Gasteiger partial charge on any atom is 0.245 e. The largest absolute Gasteiger partial charge is 0.354 e. The lowest BCUT2D eigenvalue weighted by Crippen LogP contribution is -2.48. The third-order valence-corrected chi connectivity index (χ3v) is 3.64. The highest BCUT2D eigenvalue weighted by Crippen LogP contribution is 2.25. The zero-order valence-corrected chi connectivity index (χ0v) is 14.1. The first kappa shape index (κ1) is 16.7. The molecule has 9 heteroatoms. The van der Waals surface area contributed by atoms with E-state index in [2.05, 4.69) is 35.6 Å². The number of nitrogens with one attached hydrogen (secondary N) is 3. The lowest BCUT2D eigenvalue weighted by Gasteiger charge is -2.24. The number of likely N-dealkylation sites (N-methyl/N-ethyl adjacent to an activating group) is 1.